The highest BCUT2D eigenvalue weighted by Gasteiger charge is 2.25. The van der Waals surface area contributed by atoms with Gasteiger partial charge in [0.05, 0.1) is 16.3 Å². The molecule has 0 heterocycles. The van der Waals surface area contributed by atoms with Gasteiger partial charge in [0.2, 0.25) is 5.91 Å². The number of anilines is 1. The average molecular weight is 477 g/mol. The minimum absolute atomic E-state index is 0.220. The monoisotopic (exact) mass is 477 g/mol. The second kappa shape index (κ2) is 8.47. The fourth-order valence-corrected chi connectivity index (χ4v) is 3.99. The number of hydrogen-bond acceptors (Lipinski definition) is 8. The molecule has 11 nitrogen and oxygen atoms in total. The van der Waals surface area contributed by atoms with Crippen LogP contribution in [0.25, 0.3) is 10.8 Å². The molecule has 0 aliphatic rings. The molecule has 1 amide bonds. The lowest BCUT2D eigenvalue weighted by Gasteiger charge is -2.14. The van der Waals surface area contributed by atoms with Crippen LogP contribution < -0.4 is 5.32 Å². The second-order valence-electron chi connectivity index (χ2n) is 6.32. The van der Waals surface area contributed by atoms with Crippen molar-refractivity contribution in [2.75, 3.05) is 5.32 Å². The molecule has 3 aromatic carbocycles. The third kappa shape index (κ3) is 4.81. The summed E-state index contributed by atoms with van der Waals surface area (Å²) >= 11 is 0. The first kappa shape index (κ1) is 23.0. The van der Waals surface area contributed by atoms with E-state index in [0.29, 0.717) is 5.69 Å². The molecular formula is C19H15N3O8S2. The molecule has 0 saturated carbocycles. The lowest BCUT2D eigenvalue weighted by Crippen LogP contribution is -2.09. The summed E-state index contributed by atoms with van der Waals surface area (Å²) in [6.07, 6.45) is 0.867. The first-order chi connectivity index (χ1) is 14.9. The van der Waals surface area contributed by atoms with Gasteiger partial charge in [-0.25, -0.2) is 0 Å². The van der Waals surface area contributed by atoms with E-state index in [2.05, 4.69) is 22.1 Å². The van der Waals surface area contributed by atoms with Gasteiger partial charge in [-0.15, -0.1) is 5.11 Å². The summed E-state index contributed by atoms with van der Waals surface area (Å²) in [6.45, 7) is 3.27. The van der Waals surface area contributed by atoms with Gasteiger partial charge in [-0.3, -0.25) is 13.9 Å². The third-order valence-electron chi connectivity index (χ3n) is 4.16. The predicted octanol–water partition coefficient (Wildman–Crippen LogP) is 3.58. The van der Waals surface area contributed by atoms with Crippen LogP contribution in [0.4, 0.5) is 17.1 Å². The number of carbonyl (C=O) groups excluding carboxylic acids is 1. The fourth-order valence-electron chi connectivity index (χ4n) is 2.79. The molecule has 166 valence electrons. The third-order valence-corrected chi connectivity index (χ3v) is 5.86. The van der Waals surface area contributed by atoms with Crippen LogP contribution in [-0.2, 0) is 25.0 Å². The van der Waals surface area contributed by atoms with E-state index in [1.165, 1.54) is 0 Å². The number of azo groups is 1. The summed E-state index contributed by atoms with van der Waals surface area (Å²) < 4.78 is 66.2. The molecule has 0 radical (unpaired) electrons. The fraction of sp³-hybridized carbons (Fsp3) is 0. The van der Waals surface area contributed by atoms with Crippen molar-refractivity contribution >= 4 is 54.0 Å². The van der Waals surface area contributed by atoms with Gasteiger partial charge in [-0.2, -0.15) is 21.9 Å². The molecule has 4 N–H and O–H groups in total. The molecule has 0 aromatic heterocycles. The van der Waals surface area contributed by atoms with Crippen molar-refractivity contribution in [3.05, 3.63) is 61.2 Å². The van der Waals surface area contributed by atoms with Crippen LogP contribution in [0.2, 0.25) is 0 Å². The number of rotatable bonds is 6. The second-order valence-corrected chi connectivity index (χ2v) is 9.13. The lowest BCUT2D eigenvalue weighted by atomic mass is 10.1. The standard InChI is InChI=1S/C19H15N3O8S2/c1-2-16(23)20-14-10-13(31(25,26)27)8-11-9-15(32(28,29)30)18(19(24)17(11)14)22-21-12-6-4-3-5-7-12/h2-10,24H,1H2,(H,20,23)(H,25,26,27)(H,28,29,30). The Morgan fingerprint density at radius 3 is 2.19 bits per heavy atom. The highest BCUT2D eigenvalue weighted by Crippen LogP contribution is 2.45. The van der Waals surface area contributed by atoms with Crippen LogP contribution >= 0.6 is 0 Å². The number of amides is 1. The zero-order chi connectivity index (χ0) is 23.7. The Bertz CT molecular complexity index is 1480. The molecule has 13 heteroatoms. The maximum Gasteiger partial charge on any atom is 0.296 e. The van der Waals surface area contributed by atoms with Crippen LogP contribution in [0.1, 0.15) is 0 Å². The number of hydrogen-bond donors (Lipinski definition) is 4. The van der Waals surface area contributed by atoms with E-state index in [9.17, 15) is 35.8 Å². The summed E-state index contributed by atoms with van der Waals surface area (Å²) in [5, 5.41) is 20.2. The molecule has 0 aliphatic carbocycles. The summed E-state index contributed by atoms with van der Waals surface area (Å²) in [6, 6.07) is 10.6. The smallest absolute Gasteiger partial charge is 0.296 e. The normalized spacial score (nSPS) is 12.2. The van der Waals surface area contributed by atoms with Gasteiger partial charge < -0.3 is 10.4 Å². The molecule has 0 fully saturated rings. The molecule has 3 aromatic rings. The predicted molar refractivity (Wildman–Crippen MR) is 115 cm³/mol. The number of nitrogens with zero attached hydrogens (tertiary/aromatic N) is 2. The average Bonchev–Trinajstić information content (AvgIpc) is 2.71. The molecule has 0 atom stereocenters. The Labute approximate surface area is 182 Å². The Morgan fingerprint density at radius 2 is 1.62 bits per heavy atom. The van der Waals surface area contributed by atoms with E-state index in [0.717, 1.165) is 24.3 Å². The maximum absolute atomic E-state index is 11.9. The summed E-state index contributed by atoms with van der Waals surface area (Å²) in [5.74, 6) is -1.61. The first-order valence-corrected chi connectivity index (χ1v) is 11.5. The van der Waals surface area contributed by atoms with E-state index in [1.54, 1.807) is 30.3 Å². The summed E-state index contributed by atoms with van der Waals surface area (Å²) in [4.78, 5) is 10.2. The van der Waals surface area contributed by atoms with Crippen LogP contribution in [0.5, 0.6) is 5.75 Å². The molecule has 0 unspecified atom stereocenters. The van der Waals surface area contributed by atoms with Crippen LogP contribution in [0.15, 0.2) is 81.2 Å². The van der Waals surface area contributed by atoms with Gasteiger partial charge in [0.1, 0.15) is 10.6 Å². The van der Waals surface area contributed by atoms with Crippen molar-refractivity contribution in [3.8, 4) is 5.75 Å². The number of nitrogens with one attached hydrogen (secondary N) is 1. The highest BCUT2D eigenvalue weighted by atomic mass is 32.2. The van der Waals surface area contributed by atoms with Crippen molar-refractivity contribution in [3.63, 3.8) is 0 Å². The molecular weight excluding hydrogens is 462 g/mol. The number of fused-ring (bicyclic) bond motifs is 1. The van der Waals surface area contributed by atoms with Gasteiger partial charge >= 0.3 is 0 Å². The van der Waals surface area contributed by atoms with Crippen LogP contribution in [0, 0.1) is 0 Å². The largest absolute Gasteiger partial charge is 0.505 e. The number of carbonyl (C=O) groups is 1. The van der Waals surface area contributed by atoms with E-state index in [-0.39, 0.29) is 16.5 Å². The van der Waals surface area contributed by atoms with E-state index >= 15 is 0 Å². The van der Waals surface area contributed by atoms with Crippen molar-refractivity contribution < 1.29 is 35.8 Å². The van der Waals surface area contributed by atoms with Gasteiger partial charge in [0, 0.05) is 5.39 Å². The zero-order valence-electron chi connectivity index (χ0n) is 16.0. The van der Waals surface area contributed by atoms with Crippen molar-refractivity contribution in [1.29, 1.82) is 0 Å². The molecule has 0 aliphatic heterocycles. The van der Waals surface area contributed by atoms with Gasteiger partial charge in [0.15, 0.2) is 5.75 Å². The quantitative estimate of drug-likeness (QED) is 0.236. The molecule has 3 rings (SSSR count). The van der Waals surface area contributed by atoms with Gasteiger partial charge in [-0.1, -0.05) is 24.8 Å². The number of aromatic hydroxyl groups is 1. The number of phenolic OH excluding ortho intramolecular Hbond substituents is 1. The van der Waals surface area contributed by atoms with Crippen LogP contribution in [-0.4, -0.2) is 37.0 Å². The minimum atomic E-state index is -4.97. The first-order valence-electron chi connectivity index (χ1n) is 8.60. The Balaban J connectivity index is 2.41. The molecule has 32 heavy (non-hydrogen) atoms. The Kier molecular flexibility index (Phi) is 6.09. The number of phenols is 1. The van der Waals surface area contributed by atoms with Gasteiger partial charge in [-0.05, 0) is 41.8 Å². The minimum Gasteiger partial charge on any atom is -0.505 e. The van der Waals surface area contributed by atoms with Gasteiger partial charge in [0.25, 0.3) is 20.2 Å². The molecule has 0 bridgehead atoms. The number of benzene rings is 3. The maximum atomic E-state index is 11.9. The van der Waals surface area contributed by atoms with E-state index in [1.807, 2.05) is 0 Å². The molecule has 0 spiro atoms. The SMILES string of the molecule is C=CC(=O)Nc1cc(S(=O)(=O)O)cc2cc(S(=O)(=O)O)c(N=Nc3ccccc3)c(O)c12. The topological polar surface area (TPSA) is 183 Å². The Hall–Kier alpha value is -3.65. The summed E-state index contributed by atoms with van der Waals surface area (Å²) in [5.41, 5.74) is -0.650. The zero-order valence-corrected chi connectivity index (χ0v) is 17.6. The van der Waals surface area contributed by atoms with Crippen molar-refractivity contribution in [1.82, 2.24) is 0 Å². The van der Waals surface area contributed by atoms with Crippen molar-refractivity contribution in [2.24, 2.45) is 10.2 Å². The van der Waals surface area contributed by atoms with Crippen LogP contribution in [0.3, 0.4) is 0 Å². The Morgan fingerprint density at radius 1 is 0.969 bits per heavy atom. The lowest BCUT2D eigenvalue weighted by molar-refractivity contribution is -0.111. The summed E-state index contributed by atoms with van der Waals surface area (Å²) in [7, 11) is -9.76. The van der Waals surface area contributed by atoms with E-state index < -0.39 is 47.4 Å². The highest BCUT2D eigenvalue weighted by molar-refractivity contribution is 7.86. The molecule has 0 saturated heterocycles. The van der Waals surface area contributed by atoms with Crippen molar-refractivity contribution in [2.45, 2.75) is 9.79 Å². The van der Waals surface area contributed by atoms with E-state index in [4.69, 9.17) is 0 Å².